The highest BCUT2D eigenvalue weighted by Gasteiger charge is 2.09. The average molecular weight is 320 g/mol. The molecular weight excluding hydrogens is 298 g/mol. The zero-order chi connectivity index (χ0) is 15.8. The molecule has 0 saturated carbocycles. The van der Waals surface area contributed by atoms with Crippen LogP contribution in [0, 0.1) is 0 Å². The van der Waals surface area contributed by atoms with Gasteiger partial charge in [-0.05, 0) is 19.4 Å². The molecule has 0 aliphatic rings. The van der Waals surface area contributed by atoms with Gasteiger partial charge < -0.3 is 26.4 Å². The second-order valence-electron chi connectivity index (χ2n) is 2.86. The lowest BCUT2D eigenvalue weighted by atomic mass is 10.1. The van der Waals surface area contributed by atoms with Crippen molar-refractivity contribution in [3.63, 3.8) is 0 Å². The van der Waals surface area contributed by atoms with Gasteiger partial charge in [-0.3, -0.25) is 13.9 Å². The molecule has 0 rings (SSSR count). The maximum Gasteiger partial charge on any atom is 0.323 e. The molecule has 0 aromatic carbocycles. The zero-order valence-electron chi connectivity index (χ0n) is 10.4. The summed E-state index contributed by atoms with van der Waals surface area (Å²) in [5.41, 5.74) is 10.4. The SMILES string of the molecule is C=C.NCCCCC(N)C(=O)O.O=[PH](O)O[PH](=O)O. The summed E-state index contributed by atoms with van der Waals surface area (Å²) in [4.78, 5) is 25.6. The minimum absolute atomic E-state index is 0.520. The fraction of sp³-hybridized carbons (Fsp3) is 0.625. The van der Waals surface area contributed by atoms with E-state index in [9.17, 15) is 13.9 Å². The van der Waals surface area contributed by atoms with Crippen molar-refractivity contribution in [1.29, 1.82) is 0 Å². The highest BCUT2D eigenvalue weighted by atomic mass is 31.2. The van der Waals surface area contributed by atoms with Crippen LogP contribution >= 0.6 is 16.5 Å². The van der Waals surface area contributed by atoms with E-state index in [1.807, 2.05) is 0 Å². The number of carboxylic acid groups (broad SMARTS) is 1. The Morgan fingerprint density at radius 2 is 1.63 bits per heavy atom. The molecule has 0 aromatic heterocycles. The number of hydrogen-bond acceptors (Lipinski definition) is 6. The minimum atomic E-state index is -3.20. The molecule has 0 aromatic rings. The normalized spacial score (nSPS) is 13.9. The first-order valence-electron chi connectivity index (χ1n) is 5.13. The van der Waals surface area contributed by atoms with E-state index in [1.54, 1.807) is 0 Å². The van der Waals surface area contributed by atoms with Gasteiger partial charge in [0.25, 0.3) is 0 Å². The number of hydrogen-bond donors (Lipinski definition) is 5. The molecule has 0 saturated heterocycles. The summed E-state index contributed by atoms with van der Waals surface area (Å²) >= 11 is 0. The maximum absolute atomic E-state index is 10.1. The van der Waals surface area contributed by atoms with E-state index in [1.165, 1.54) is 0 Å². The van der Waals surface area contributed by atoms with Crippen molar-refractivity contribution in [1.82, 2.24) is 0 Å². The van der Waals surface area contributed by atoms with E-state index in [2.05, 4.69) is 17.5 Å². The third kappa shape index (κ3) is 26.9. The molecule has 0 heterocycles. The van der Waals surface area contributed by atoms with Gasteiger partial charge >= 0.3 is 22.5 Å². The molecule has 0 aliphatic carbocycles. The summed E-state index contributed by atoms with van der Waals surface area (Å²) in [6.45, 7) is 6.60. The summed E-state index contributed by atoms with van der Waals surface area (Å²) < 4.78 is 22.3. The first kappa shape index (κ1) is 23.6. The lowest BCUT2D eigenvalue weighted by molar-refractivity contribution is -0.138. The third-order valence-corrected chi connectivity index (χ3v) is 2.86. The third-order valence-electron chi connectivity index (χ3n) is 1.46. The standard InChI is InChI=1S/C6H14N2O2.C2H4.H4O5P2/c7-4-2-1-3-5(8)6(9)10;1-2;1-6(2)5-7(3)4/h5H,1-4,7-8H2,(H,9,10);1-2H2;6-7H,(H,1,2)(H,3,4). The van der Waals surface area contributed by atoms with Gasteiger partial charge in [0, 0.05) is 0 Å². The summed E-state index contributed by atoms with van der Waals surface area (Å²) in [6, 6.07) is -0.716. The molecule has 19 heavy (non-hydrogen) atoms. The second-order valence-corrected chi connectivity index (χ2v) is 4.74. The Kier molecular flexibility index (Phi) is 21.7. The van der Waals surface area contributed by atoms with E-state index in [4.69, 9.17) is 26.4 Å². The van der Waals surface area contributed by atoms with Crippen LogP contribution in [0.15, 0.2) is 13.2 Å². The highest BCUT2D eigenvalue weighted by molar-refractivity contribution is 7.46. The molecule has 9 nitrogen and oxygen atoms in total. The monoisotopic (exact) mass is 320 g/mol. The lowest BCUT2D eigenvalue weighted by Crippen LogP contribution is -2.29. The van der Waals surface area contributed by atoms with E-state index in [0.717, 1.165) is 12.8 Å². The van der Waals surface area contributed by atoms with Crippen LogP contribution in [0.5, 0.6) is 0 Å². The van der Waals surface area contributed by atoms with Gasteiger partial charge in [0.15, 0.2) is 0 Å². The summed E-state index contributed by atoms with van der Waals surface area (Å²) in [5.74, 6) is -0.933. The number of carboxylic acids is 1. The van der Waals surface area contributed by atoms with Crippen molar-refractivity contribution < 1.29 is 33.1 Å². The van der Waals surface area contributed by atoms with Gasteiger partial charge in [-0.25, -0.2) is 4.31 Å². The summed E-state index contributed by atoms with van der Waals surface area (Å²) in [5, 5.41) is 8.33. The summed E-state index contributed by atoms with van der Waals surface area (Å²) in [7, 11) is -6.40. The Balaban J connectivity index is -0.000000249. The van der Waals surface area contributed by atoms with Crippen molar-refractivity contribution in [3.8, 4) is 0 Å². The van der Waals surface area contributed by atoms with E-state index in [-0.39, 0.29) is 0 Å². The molecule has 0 bridgehead atoms. The van der Waals surface area contributed by atoms with Gasteiger partial charge in [0.2, 0.25) is 0 Å². The molecule has 116 valence electrons. The molecule has 0 radical (unpaired) electrons. The van der Waals surface area contributed by atoms with Crippen LogP contribution in [0.3, 0.4) is 0 Å². The Morgan fingerprint density at radius 1 is 1.21 bits per heavy atom. The average Bonchev–Trinajstić information content (AvgIpc) is 2.30. The first-order chi connectivity index (χ1) is 8.81. The molecule has 3 atom stereocenters. The number of unbranched alkanes of at least 4 members (excludes halogenated alkanes) is 1. The van der Waals surface area contributed by atoms with Crippen LogP contribution in [-0.4, -0.2) is 33.4 Å². The number of rotatable bonds is 7. The van der Waals surface area contributed by atoms with Gasteiger partial charge in [0.05, 0.1) is 0 Å². The van der Waals surface area contributed by atoms with Crippen LogP contribution in [0.1, 0.15) is 19.3 Å². The van der Waals surface area contributed by atoms with Crippen LogP contribution in [0.4, 0.5) is 0 Å². The smallest absolute Gasteiger partial charge is 0.323 e. The minimum Gasteiger partial charge on any atom is -0.480 e. The maximum atomic E-state index is 10.1. The Hall–Kier alpha value is -0.530. The van der Waals surface area contributed by atoms with Gasteiger partial charge in [-0.1, -0.05) is 6.42 Å². The molecular formula is C8H22N2O7P2. The fourth-order valence-corrected chi connectivity index (χ4v) is 1.30. The van der Waals surface area contributed by atoms with Gasteiger partial charge in [-0.15, -0.1) is 13.2 Å². The lowest BCUT2D eigenvalue weighted by Gasteiger charge is -2.03. The Morgan fingerprint density at radius 3 is 1.84 bits per heavy atom. The number of nitrogens with two attached hydrogens (primary N) is 2. The van der Waals surface area contributed by atoms with Crippen LogP contribution < -0.4 is 11.5 Å². The van der Waals surface area contributed by atoms with Crippen LogP contribution in [0.2, 0.25) is 0 Å². The molecule has 0 spiro atoms. The number of carbonyl (C=O) groups is 1. The van der Waals surface area contributed by atoms with E-state index >= 15 is 0 Å². The second kappa shape index (κ2) is 17.5. The predicted molar refractivity (Wildman–Crippen MR) is 73.3 cm³/mol. The zero-order valence-corrected chi connectivity index (χ0v) is 12.4. The van der Waals surface area contributed by atoms with Crippen molar-refractivity contribution in [2.45, 2.75) is 25.3 Å². The van der Waals surface area contributed by atoms with Crippen molar-refractivity contribution >= 4 is 22.5 Å². The largest absolute Gasteiger partial charge is 0.480 e. The van der Waals surface area contributed by atoms with Crippen molar-refractivity contribution in [2.24, 2.45) is 11.5 Å². The molecule has 7 N–H and O–H groups in total. The highest BCUT2D eigenvalue weighted by Crippen LogP contribution is 2.30. The fourth-order valence-electron chi connectivity index (χ4n) is 0.707. The molecule has 0 fully saturated rings. The molecule has 3 unspecified atom stereocenters. The van der Waals surface area contributed by atoms with E-state index in [0.29, 0.717) is 13.0 Å². The van der Waals surface area contributed by atoms with Gasteiger partial charge in [-0.2, -0.15) is 0 Å². The predicted octanol–water partition coefficient (Wildman–Crippen LogP) is 0.0965. The Bertz CT molecular complexity index is 266. The molecule has 11 heteroatoms. The quantitative estimate of drug-likeness (QED) is 0.247. The topological polar surface area (TPSA) is 173 Å². The van der Waals surface area contributed by atoms with E-state index < -0.39 is 28.5 Å². The molecule has 0 aliphatic heterocycles. The molecule has 0 amide bonds. The van der Waals surface area contributed by atoms with Crippen molar-refractivity contribution in [2.75, 3.05) is 6.54 Å². The Labute approximate surface area is 113 Å². The number of aliphatic carboxylic acids is 1. The summed E-state index contributed by atoms with van der Waals surface area (Å²) in [6.07, 6.45) is 2.16. The van der Waals surface area contributed by atoms with Crippen molar-refractivity contribution in [3.05, 3.63) is 13.2 Å². The van der Waals surface area contributed by atoms with Gasteiger partial charge in [0.1, 0.15) is 6.04 Å². The first-order valence-corrected chi connectivity index (χ1v) is 7.66. The van der Waals surface area contributed by atoms with Crippen LogP contribution in [-0.2, 0) is 18.2 Å². The van der Waals surface area contributed by atoms with Crippen LogP contribution in [0.25, 0.3) is 0 Å².